The van der Waals surface area contributed by atoms with Crippen molar-refractivity contribution in [2.24, 2.45) is 0 Å². The minimum Gasteiger partial charge on any atom is -0.396 e. The monoisotopic (exact) mass is 363 g/mol. The van der Waals surface area contributed by atoms with Crippen molar-refractivity contribution >= 4 is 55.4 Å². The molecular weight excluding hydrogens is 353 g/mol. The summed E-state index contributed by atoms with van der Waals surface area (Å²) in [5.74, 6) is 0.467. The van der Waals surface area contributed by atoms with E-state index >= 15 is 0 Å². The van der Waals surface area contributed by atoms with Gasteiger partial charge in [-0.05, 0) is 25.0 Å². The molecule has 1 fully saturated rings. The largest absolute Gasteiger partial charge is 0.396 e. The quantitative estimate of drug-likeness (QED) is 0.810. The highest BCUT2D eigenvalue weighted by Crippen LogP contribution is 2.41. The molecule has 1 aliphatic rings. The van der Waals surface area contributed by atoms with E-state index in [1.165, 1.54) is 23.5 Å². The number of anilines is 2. The molecule has 0 aliphatic heterocycles. The number of halogens is 2. The zero-order valence-corrected chi connectivity index (χ0v) is 13.8. The fraction of sp³-hybridized carbons (Fsp3) is 0.250. The third-order valence-electron chi connectivity index (χ3n) is 3.12. The summed E-state index contributed by atoms with van der Waals surface area (Å²) in [5.41, 5.74) is 6.63. The van der Waals surface area contributed by atoms with Crippen molar-refractivity contribution < 1.29 is 8.42 Å². The summed E-state index contributed by atoms with van der Waals surface area (Å²) in [4.78, 5) is 4.16. The highest BCUT2D eigenvalue weighted by atomic mass is 35.5. The first kappa shape index (κ1) is 14.9. The van der Waals surface area contributed by atoms with Gasteiger partial charge in [-0.1, -0.05) is 23.2 Å². The highest BCUT2D eigenvalue weighted by Gasteiger charge is 2.27. The molecule has 3 N–H and O–H groups in total. The van der Waals surface area contributed by atoms with Gasteiger partial charge in [0, 0.05) is 11.3 Å². The number of nitrogen functional groups attached to an aromatic ring is 1. The van der Waals surface area contributed by atoms with E-state index in [4.69, 9.17) is 28.9 Å². The lowest BCUT2D eigenvalue weighted by molar-refractivity contribution is 0.601. The number of thiazole rings is 1. The average Bonchev–Trinajstić information content (AvgIpc) is 3.17. The Morgan fingerprint density at radius 2 is 2.05 bits per heavy atom. The molecule has 0 bridgehead atoms. The topological polar surface area (TPSA) is 85.1 Å². The molecule has 3 rings (SSSR count). The van der Waals surface area contributed by atoms with Gasteiger partial charge in [0.25, 0.3) is 10.0 Å². The molecule has 1 saturated carbocycles. The molecule has 1 heterocycles. The first-order chi connectivity index (χ1) is 9.88. The number of sulfonamides is 1. The molecular formula is C12H11Cl2N3O2S2. The molecule has 0 saturated heterocycles. The SMILES string of the molecule is Nc1c(Cl)ccc(S(=O)(=O)Nc2nc(C3CC3)cs2)c1Cl. The van der Waals surface area contributed by atoms with E-state index in [2.05, 4.69) is 9.71 Å². The summed E-state index contributed by atoms with van der Waals surface area (Å²) in [5, 5.41) is 2.31. The number of rotatable bonds is 4. The lowest BCUT2D eigenvalue weighted by Crippen LogP contribution is -2.14. The lowest BCUT2D eigenvalue weighted by atomic mass is 10.3. The number of nitrogens with one attached hydrogen (secondary N) is 1. The van der Waals surface area contributed by atoms with Crippen LogP contribution >= 0.6 is 34.5 Å². The summed E-state index contributed by atoms with van der Waals surface area (Å²) in [6, 6.07) is 2.72. The molecule has 5 nitrogen and oxygen atoms in total. The van der Waals surface area contributed by atoms with E-state index < -0.39 is 10.0 Å². The predicted octanol–water partition coefficient (Wildman–Crippen LogP) is 3.71. The number of aromatic nitrogens is 1. The standard InChI is InChI=1S/C12H11Cl2N3O2S2/c13-7-3-4-9(10(14)11(7)15)21(18,19)17-12-16-8(5-20-12)6-1-2-6/h3-6H,1-2,15H2,(H,16,17). The van der Waals surface area contributed by atoms with Crippen LogP contribution < -0.4 is 10.5 Å². The zero-order chi connectivity index (χ0) is 15.2. The Morgan fingerprint density at radius 1 is 1.33 bits per heavy atom. The molecule has 1 aliphatic carbocycles. The number of nitrogens with zero attached hydrogens (tertiary/aromatic N) is 1. The first-order valence-corrected chi connectivity index (χ1v) is 9.22. The van der Waals surface area contributed by atoms with Crippen molar-refractivity contribution in [3.05, 3.63) is 33.3 Å². The Balaban J connectivity index is 1.91. The third kappa shape index (κ3) is 2.96. The molecule has 0 radical (unpaired) electrons. The maximum absolute atomic E-state index is 12.4. The molecule has 9 heteroatoms. The predicted molar refractivity (Wildman–Crippen MR) is 85.8 cm³/mol. The molecule has 2 aromatic rings. The molecule has 0 spiro atoms. The fourth-order valence-electron chi connectivity index (χ4n) is 1.83. The van der Waals surface area contributed by atoms with Gasteiger partial charge < -0.3 is 5.73 Å². The second kappa shape index (κ2) is 5.31. The summed E-state index contributed by atoms with van der Waals surface area (Å²) in [6.07, 6.45) is 2.21. The molecule has 112 valence electrons. The van der Waals surface area contributed by atoms with Crippen molar-refractivity contribution in [2.45, 2.75) is 23.7 Å². The second-order valence-electron chi connectivity index (χ2n) is 4.73. The smallest absolute Gasteiger partial charge is 0.265 e. The van der Waals surface area contributed by atoms with Crippen LogP contribution in [0.3, 0.4) is 0 Å². The normalized spacial score (nSPS) is 15.1. The summed E-state index contributed by atoms with van der Waals surface area (Å²) in [6.45, 7) is 0. The minimum absolute atomic E-state index is 0.0408. The van der Waals surface area contributed by atoms with Gasteiger partial charge in [0.05, 0.1) is 21.4 Å². The molecule has 1 aromatic heterocycles. The molecule has 0 atom stereocenters. The van der Waals surface area contributed by atoms with E-state index in [9.17, 15) is 8.42 Å². The Morgan fingerprint density at radius 3 is 2.71 bits per heavy atom. The van der Waals surface area contributed by atoms with Crippen LogP contribution in [0.5, 0.6) is 0 Å². The fourth-order valence-corrected chi connectivity index (χ4v) is 4.64. The number of hydrogen-bond donors (Lipinski definition) is 2. The maximum atomic E-state index is 12.4. The van der Waals surface area contributed by atoms with Crippen LogP contribution in [0.25, 0.3) is 0 Å². The lowest BCUT2D eigenvalue weighted by Gasteiger charge is -2.09. The van der Waals surface area contributed by atoms with Crippen molar-refractivity contribution in [1.29, 1.82) is 0 Å². The van der Waals surface area contributed by atoms with Crippen LogP contribution in [0.15, 0.2) is 22.4 Å². The van der Waals surface area contributed by atoms with Crippen LogP contribution in [0.4, 0.5) is 10.8 Å². The van der Waals surface area contributed by atoms with Gasteiger partial charge in [-0.25, -0.2) is 13.4 Å². The van der Waals surface area contributed by atoms with E-state index in [1.807, 2.05) is 5.38 Å². The maximum Gasteiger partial charge on any atom is 0.265 e. The van der Waals surface area contributed by atoms with Crippen LogP contribution in [0, 0.1) is 0 Å². The Labute approximate surface area is 136 Å². The molecule has 21 heavy (non-hydrogen) atoms. The van der Waals surface area contributed by atoms with E-state index in [0.29, 0.717) is 11.0 Å². The van der Waals surface area contributed by atoms with E-state index in [1.54, 1.807) is 0 Å². The van der Waals surface area contributed by atoms with Gasteiger partial charge in [-0.15, -0.1) is 11.3 Å². The first-order valence-electron chi connectivity index (χ1n) is 6.10. The Kier molecular flexibility index (Phi) is 3.77. The van der Waals surface area contributed by atoms with Gasteiger partial charge in [-0.2, -0.15) is 0 Å². The second-order valence-corrected chi connectivity index (χ2v) is 8.02. The van der Waals surface area contributed by atoms with E-state index in [0.717, 1.165) is 18.5 Å². The van der Waals surface area contributed by atoms with Crippen LogP contribution in [-0.2, 0) is 10.0 Å². The van der Waals surface area contributed by atoms with Crippen LogP contribution in [-0.4, -0.2) is 13.4 Å². The third-order valence-corrected chi connectivity index (χ3v) is 6.26. The summed E-state index contributed by atoms with van der Waals surface area (Å²) in [7, 11) is -3.85. The van der Waals surface area contributed by atoms with Crippen LogP contribution in [0.2, 0.25) is 10.0 Å². The Hall–Kier alpha value is -1.02. The summed E-state index contributed by atoms with van der Waals surface area (Å²) < 4.78 is 27.1. The summed E-state index contributed by atoms with van der Waals surface area (Å²) >= 11 is 13.0. The van der Waals surface area contributed by atoms with Crippen molar-refractivity contribution in [2.75, 3.05) is 10.5 Å². The van der Waals surface area contributed by atoms with Crippen LogP contribution in [0.1, 0.15) is 24.5 Å². The minimum atomic E-state index is -3.85. The number of benzene rings is 1. The highest BCUT2D eigenvalue weighted by molar-refractivity contribution is 7.93. The van der Waals surface area contributed by atoms with Crippen molar-refractivity contribution in [3.63, 3.8) is 0 Å². The zero-order valence-electron chi connectivity index (χ0n) is 10.6. The van der Waals surface area contributed by atoms with Gasteiger partial charge in [-0.3, -0.25) is 4.72 Å². The van der Waals surface area contributed by atoms with E-state index in [-0.39, 0.29) is 20.6 Å². The number of nitrogens with two attached hydrogens (primary N) is 1. The molecule has 1 aromatic carbocycles. The molecule has 0 amide bonds. The molecule has 0 unspecified atom stereocenters. The average molecular weight is 364 g/mol. The Bertz CT molecular complexity index is 801. The van der Waals surface area contributed by atoms with Crippen molar-refractivity contribution in [3.8, 4) is 0 Å². The van der Waals surface area contributed by atoms with Gasteiger partial charge >= 0.3 is 0 Å². The van der Waals surface area contributed by atoms with Crippen molar-refractivity contribution in [1.82, 2.24) is 4.98 Å². The number of hydrogen-bond acceptors (Lipinski definition) is 5. The van der Waals surface area contributed by atoms with Gasteiger partial charge in [0.15, 0.2) is 5.13 Å². The van der Waals surface area contributed by atoms with Gasteiger partial charge in [0.1, 0.15) is 4.90 Å². The van der Waals surface area contributed by atoms with Gasteiger partial charge in [0.2, 0.25) is 0 Å².